The Labute approximate surface area is 118 Å². The minimum Gasteiger partial charge on any atom is -0.491 e. The van der Waals surface area contributed by atoms with E-state index in [4.69, 9.17) is 18.9 Å². The summed E-state index contributed by atoms with van der Waals surface area (Å²) in [5.41, 5.74) is -0.380. The van der Waals surface area contributed by atoms with E-state index in [1.165, 1.54) is 0 Å². The molecule has 0 radical (unpaired) electrons. The van der Waals surface area contributed by atoms with Gasteiger partial charge in [-0.05, 0) is 12.1 Å². The molecule has 5 heteroatoms. The van der Waals surface area contributed by atoms with Gasteiger partial charge in [0, 0.05) is 5.41 Å². The number of rotatable bonds is 3. The van der Waals surface area contributed by atoms with Crippen molar-refractivity contribution in [1.82, 2.24) is 0 Å². The van der Waals surface area contributed by atoms with Crippen molar-refractivity contribution < 1.29 is 24.1 Å². The Balaban J connectivity index is 1.58. The maximum absolute atomic E-state index is 10.3. The van der Waals surface area contributed by atoms with Gasteiger partial charge in [-0.1, -0.05) is 32.0 Å². The average molecular weight is 280 g/mol. The van der Waals surface area contributed by atoms with Gasteiger partial charge in [0.2, 0.25) is 0 Å². The molecule has 3 rings (SSSR count). The summed E-state index contributed by atoms with van der Waals surface area (Å²) in [5, 5.41) is 10.3. The molecular weight excluding hydrogens is 260 g/mol. The quantitative estimate of drug-likeness (QED) is 0.910. The molecule has 0 amide bonds. The third-order valence-electron chi connectivity index (χ3n) is 3.70. The fourth-order valence-corrected chi connectivity index (χ4v) is 2.44. The summed E-state index contributed by atoms with van der Waals surface area (Å²) in [4.78, 5) is 0. The monoisotopic (exact) mass is 280 g/mol. The molecule has 1 aromatic carbocycles. The molecule has 0 unspecified atom stereocenters. The SMILES string of the molecule is CC1(C)CO[C@@]2(OC[C@H](COc3ccccc3)O2)[C@H]1O. The van der Waals surface area contributed by atoms with Gasteiger partial charge >= 0.3 is 5.97 Å². The molecule has 2 fully saturated rings. The van der Waals surface area contributed by atoms with Crippen LogP contribution in [0, 0.1) is 5.41 Å². The zero-order chi connectivity index (χ0) is 14.2. The van der Waals surface area contributed by atoms with Gasteiger partial charge in [0.05, 0.1) is 13.2 Å². The molecule has 2 aliphatic rings. The van der Waals surface area contributed by atoms with Crippen LogP contribution in [0.3, 0.4) is 0 Å². The summed E-state index contributed by atoms with van der Waals surface area (Å²) >= 11 is 0. The van der Waals surface area contributed by atoms with Gasteiger partial charge in [0.25, 0.3) is 0 Å². The third-order valence-corrected chi connectivity index (χ3v) is 3.70. The molecular formula is C15H20O5. The van der Waals surface area contributed by atoms with Crippen LogP contribution in [0.25, 0.3) is 0 Å². The lowest BCUT2D eigenvalue weighted by molar-refractivity contribution is -0.346. The molecule has 2 saturated heterocycles. The maximum atomic E-state index is 10.3. The first-order valence-electron chi connectivity index (χ1n) is 6.83. The molecule has 0 aromatic heterocycles. The highest BCUT2D eigenvalue weighted by Crippen LogP contribution is 2.44. The first-order valence-corrected chi connectivity index (χ1v) is 6.83. The predicted octanol–water partition coefficient (Wildman–Crippen LogP) is 1.55. The molecule has 2 aliphatic heterocycles. The zero-order valence-electron chi connectivity index (χ0n) is 11.7. The Morgan fingerprint density at radius 1 is 1.25 bits per heavy atom. The van der Waals surface area contributed by atoms with Crippen LogP contribution in [0.4, 0.5) is 0 Å². The van der Waals surface area contributed by atoms with E-state index in [0.717, 1.165) is 5.75 Å². The minimum absolute atomic E-state index is 0.251. The fourth-order valence-electron chi connectivity index (χ4n) is 2.44. The van der Waals surface area contributed by atoms with Crippen molar-refractivity contribution in [3.63, 3.8) is 0 Å². The molecule has 2 heterocycles. The molecule has 3 atom stereocenters. The molecule has 20 heavy (non-hydrogen) atoms. The highest BCUT2D eigenvalue weighted by atomic mass is 16.9. The van der Waals surface area contributed by atoms with Gasteiger partial charge < -0.3 is 24.1 Å². The number of para-hydroxylation sites is 1. The second-order valence-electron chi connectivity index (χ2n) is 5.96. The van der Waals surface area contributed by atoms with E-state index in [1.807, 2.05) is 44.2 Å². The van der Waals surface area contributed by atoms with Crippen LogP contribution in [0.1, 0.15) is 13.8 Å². The first-order chi connectivity index (χ1) is 9.52. The second-order valence-corrected chi connectivity index (χ2v) is 5.96. The Hall–Kier alpha value is -1.14. The lowest BCUT2D eigenvalue weighted by atomic mass is 9.89. The Bertz CT molecular complexity index is 461. The second kappa shape index (κ2) is 5.00. The van der Waals surface area contributed by atoms with Crippen molar-refractivity contribution in [3.05, 3.63) is 30.3 Å². The largest absolute Gasteiger partial charge is 0.491 e. The lowest BCUT2D eigenvalue weighted by Gasteiger charge is -2.28. The van der Waals surface area contributed by atoms with E-state index in [2.05, 4.69) is 0 Å². The number of hydrogen-bond acceptors (Lipinski definition) is 5. The molecule has 5 nitrogen and oxygen atoms in total. The zero-order valence-corrected chi connectivity index (χ0v) is 11.7. The van der Waals surface area contributed by atoms with E-state index < -0.39 is 12.1 Å². The minimum atomic E-state index is -1.33. The van der Waals surface area contributed by atoms with Crippen molar-refractivity contribution in [1.29, 1.82) is 0 Å². The van der Waals surface area contributed by atoms with Gasteiger partial charge in [0.15, 0.2) is 0 Å². The van der Waals surface area contributed by atoms with Gasteiger partial charge in [-0.25, -0.2) is 0 Å². The van der Waals surface area contributed by atoms with E-state index in [0.29, 0.717) is 19.8 Å². The summed E-state index contributed by atoms with van der Waals surface area (Å²) in [5.74, 6) is -0.543. The Morgan fingerprint density at radius 2 is 2.00 bits per heavy atom. The predicted molar refractivity (Wildman–Crippen MR) is 71.2 cm³/mol. The average Bonchev–Trinajstić information content (AvgIpc) is 2.96. The van der Waals surface area contributed by atoms with E-state index >= 15 is 0 Å². The van der Waals surface area contributed by atoms with Crippen LogP contribution in [0.15, 0.2) is 30.3 Å². The fraction of sp³-hybridized carbons (Fsp3) is 0.600. The number of aliphatic hydroxyl groups excluding tert-OH is 1. The number of benzene rings is 1. The summed E-state index contributed by atoms with van der Waals surface area (Å²) in [6.45, 7) is 4.96. The van der Waals surface area contributed by atoms with Crippen molar-refractivity contribution in [2.45, 2.75) is 32.0 Å². The summed E-state index contributed by atoms with van der Waals surface area (Å²) in [6.07, 6.45) is -1.06. The number of aliphatic hydroxyl groups is 1. The van der Waals surface area contributed by atoms with Crippen molar-refractivity contribution in [2.75, 3.05) is 19.8 Å². The van der Waals surface area contributed by atoms with Crippen LogP contribution in [-0.2, 0) is 14.2 Å². The van der Waals surface area contributed by atoms with Gasteiger partial charge in [-0.3, -0.25) is 0 Å². The highest BCUT2D eigenvalue weighted by Gasteiger charge is 2.60. The first kappa shape index (κ1) is 13.8. The number of hydrogen-bond donors (Lipinski definition) is 1. The van der Waals surface area contributed by atoms with Crippen molar-refractivity contribution >= 4 is 0 Å². The van der Waals surface area contributed by atoms with E-state index in [-0.39, 0.29) is 11.5 Å². The molecule has 0 bridgehead atoms. The van der Waals surface area contributed by atoms with Gasteiger partial charge in [-0.2, -0.15) is 0 Å². The van der Waals surface area contributed by atoms with E-state index in [1.54, 1.807) is 0 Å². The summed E-state index contributed by atoms with van der Waals surface area (Å²) in [6, 6.07) is 9.53. The van der Waals surface area contributed by atoms with Crippen LogP contribution < -0.4 is 4.74 Å². The maximum Gasteiger partial charge on any atom is 0.311 e. The topological polar surface area (TPSA) is 57.2 Å². The van der Waals surface area contributed by atoms with Crippen molar-refractivity contribution in [2.24, 2.45) is 5.41 Å². The molecule has 1 N–H and O–H groups in total. The molecule has 110 valence electrons. The van der Waals surface area contributed by atoms with Crippen LogP contribution in [-0.4, -0.2) is 43.1 Å². The molecule has 1 spiro atoms. The summed E-state index contributed by atoms with van der Waals surface area (Å²) in [7, 11) is 0. The third kappa shape index (κ3) is 2.42. The molecule has 1 aromatic rings. The summed E-state index contributed by atoms with van der Waals surface area (Å²) < 4.78 is 22.5. The highest BCUT2D eigenvalue weighted by molar-refractivity contribution is 5.20. The van der Waals surface area contributed by atoms with Crippen molar-refractivity contribution in [3.8, 4) is 5.75 Å². The smallest absolute Gasteiger partial charge is 0.311 e. The lowest BCUT2D eigenvalue weighted by Crippen LogP contribution is -2.45. The van der Waals surface area contributed by atoms with Crippen LogP contribution in [0.5, 0.6) is 5.75 Å². The van der Waals surface area contributed by atoms with Crippen LogP contribution >= 0.6 is 0 Å². The Morgan fingerprint density at radius 3 is 2.65 bits per heavy atom. The van der Waals surface area contributed by atoms with Gasteiger partial charge in [0.1, 0.15) is 24.6 Å². The van der Waals surface area contributed by atoms with Crippen LogP contribution in [0.2, 0.25) is 0 Å². The molecule has 0 saturated carbocycles. The number of ether oxygens (including phenoxy) is 4. The Kier molecular flexibility index (Phi) is 3.46. The molecule has 0 aliphatic carbocycles. The van der Waals surface area contributed by atoms with E-state index in [9.17, 15) is 5.11 Å². The standard InChI is InChI=1S/C15H20O5/c1-14(2)10-19-15(13(14)16)18-9-12(20-15)8-17-11-6-4-3-5-7-11/h3-7,12-13,16H,8-10H2,1-2H3/t12-,13-,15-/m0/s1. The van der Waals surface area contributed by atoms with Gasteiger partial charge in [-0.15, -0.1) is 0 Å². The normalized spacial score (nSPS) is 35.5.